The molecule has 0 bridgehead atoms. The van der Waals surface area contributed by atoms with Gasteiger partial charge in [0.2, 0.25) is 12.2 Å². The molecule has 1 amide bonds. The topological polar surface area (TPSA) is 98.0 Å². The van der Waals surface area contributed by atoms with Crippen molar-refractivity contribution in [1.29, 1.82) is 0 Å². The summed E-state index contributed by atoms with van der Waals surface area (Å²) >= 11 is 0.962. The zero-order valence-corrected chi connectivity index (χ0v) is 7.59. The van der Waals surface area contributed by atoms with Gasteiger partial charge in [0.05, 0.1) is 0 Å². The molecule has 7 heteroatoms. The SMILES string of the molecule is CC(=O)NC([C]=O)c1nsc(N)n1. The van der Waals surface area contributed by atoms with Gasteiger partial charge in [0.25, 0.3) is 0 Å². The number of nitrogens with one attached hydrogen (secondary N) is 1. The van der Waals surface area contributed by atoms with Gasteiger partial charge in [-0.2, -0.15) is 4.37 Å². The van der Waals surface area contributed by atoms with Crippen molar-refractivity contribution in [3.8, 4) is 0 Å². The molecule has 1 unspecified atom stereocenters. The molecule has 0 fully saturated rings. The fraction of sp³-hybridized carbons (Fsp3) is 0.333. The van der Waals surface area contributed by atoms with Crippen LogP contribution in [-0.4, -0.2) is 21.6 Å². The summed E-state index contributed by atoms with van der Waals surface area (Å²) in [5, 5.41) is 2.57. The Balaban J connectivity index is 2.78. The van der Waals surface area contributed by atoms with E-state index in [0.717, 1.165) is 11.5 Å². The third-order valence-corrected chi connectivity index (χ3v) is 1.74. The number of anilines is 1. The summed E-state index contributed by atoms with van der Waals surface area (Å²) < 4.78 is 3.77. The molecule has 1 aromatic rings. The van der Waals surface area contributed by atoms with Crippen LogP contribution in [0.3, 0.4) is 0 Å². The number of carbonyl (C=O) groups is 1. The standard InChI is InChI=1S/C6H7N4O2S/c1-3(12)8-4(2-11)5-9-6(7)13-10-5/h4H,1H3,(H,8,12)(H2,7,9,10). The highest BCUT2D eigenvalue weighted by Gasteiger charge is 2.17. The van der Waals surface area contributed by atoms with Crippen LogP contribution in [0.1, 0.15) is 18.8 Å². The predicted molar refractivity (Wildman–Crippen MR) is 46.6 cm³/mol. The quantitative estimate of drug-likeness (QED) is 0.677. The van der Waals surface area contributed by atoms with E-state index in [-0.39, 0.29) is 16.9 Å². The third kappa shape index (κ3) is 2.48. The van der Waals surface area contributed by atoms with Crippen LogP contribution in [0, 0.1) is 0 Å². The van der Waals surface area contributed by atoms with E-state index in [4.69, 9.17) is 5.73 Å². The second-order valence-electron chi connectivity index (χ2n) is 2.24. The smallest absolute Gasteiger partial charge is 0.231 e. The monoisotopic (exact) mass is 199 g/mol. The molecule has 1 aromatic heterocycles. The van der Waals surface area contributed by atoms with Gasteiger partial charge in [0.15, 0.2) is 17.0 Å². The molecule has 0 aromatic carbocycles. The van der Waals surface area contributed by atoms with E-state index in [0.29, 0.717) is 0 Å². The molecule has 69 valence electrons. The average molecular weight is 199 g/mol. The van der Waals surface area contributed by atoms with Crippen molar-refractivity contribution in [3.63, 3.8) is 0 Å². The highest BCUT2D eigenvalue weighted by atomic mass is 32.1. The number of aromatic nitrogens is 2. The fourth-order valence-electron chi connectivity index (χ4n) is 0.714. The van der Waals surface area contributed by atoms with E-state index in [1.807, 2.05) is 0 Å². The summed E-state index contributed by atoms with van der Waals surface area (Å²) in [6.07, 6.45) is 1.61. The summed E-state index contributed by atoms with van der Waals surface area (Å²) in [6, 6.07) is -0.925. The first kappa shape index (κ1) is 9.59. The second kappa shape index (κ2) is 3.94. The molecule has 1 atom stereocenters. The van der Waals surface area contributed by atoms with Crippen LogP contribution in [0.5, 0.6) is 0 Å². The first-order chi connectivity index (χ1) is 6.13. The Bertz CT molecular complexity index is 324. The van der Waals surface area contributed by atoms with E-state index in [1.165, 1.54) is 6.92 Å². The second-order valence-corrected chi connectivity index (χ2v) is 3.03. The van der Waals surface area contributed by atoms with E-state index in [2.05, 4.69) is 14.7 Å². The fourth-order valence-corrected chi connectivity index (χ4v) is 1.18. The number of carbonyl (C=O) groups excluding carboxylic acids is 2. The molecule has 1 heterocycles. The Kier molecular flexibility index (Phi) is 2.91. The first-order valence-corrected chi connectivity index (χ1v) is 4.14. The van der Waals surface area contributed by atoms with Crippen molar-refractivity contribution in [2.24, 2.45) is 0 Å². The number of nitrogens with two attached hydrogens (primary N) is 1. The predicted octanol–water partition coefficient (Wildman–Crippen LogP) is -0.593. The number of rotatable bonds is 3. The van der Waals surface area contributed by atoms with E-state index in [1.54, 1.807) is 6.29 Å². The maximum absolute atomic E-state index is 10.6. The Morgan fingerprint density at radius 2 is 2.46 bits per heavy atom. The summed E-state index contributed by atoms with van der Waals surface area (Å²) in [5.41, 5.74) is 5.30. The molecule has 0 aliphatic carbocycles. The molecule has 1 radical (unpaired) electrons. The minimum absolute atomic E-state index is 0.174. The van der Waals surface area contributed by atoms with Crippen LogP contribution in [-0.2, 0) is 9.59 Å². The van der Waals surface area contributed by atoms with Gasteiger partial charge in [0.1, 0.15) is 0 Å². The summed E-state index contributed by atoms with van der Waals surface area (Å²) in [4.78, 5) is 24.8. The lowest BCUT2D eigenvalue weighted by Gasteiger charge is -2.04. The Morgan fingerprint density at radius 1 is 1.77 bits per heavy atom. The van der Waals surface area contributed by atoms with Gasteiger partial charge in [-0.1, -0.05) is 0 Å². The van der Waals surface area contributed by atoms with Crippen LogP contribution in [0.2, 0.25) is 0 Å². The highest BCUT2D eigenvalue weighted by Crippen LogP contribution is 2.11. The molecule has 0 aliphatic heterocycles. The van der Waals surface area contributed by atoms with Crippen LogP contribution >= 0.6 is 11.5 Å². The van der Waals surface area contributed by atoms with Gasteiger partial charge in [-0.25, -0.2) is 4.98 Å². The molecule has 0 saturated carbocycles. The van der Waals surface area contributed by atoms with Crippen molar-refractivity contribution in [2.45, 2.75) is 13.0 Å². The van der Waals surface area contributed by atoms with Gasteiger partial charge in [-0.3, -0.25) is 9.59 Å². The number of nitrogen functional groups attached to an aromatic ring is 1. The Labute approximate surface area is 78.3 Å². The maximum atomic E-state index is 10.6. The normalized spacial score (nSPS) is 12.1. The van der Waals surface area contributed by atoms with Gasteiger partial charge >= 0.3 is 0 Å². The van der Waals surface area contributed by atoms with Gasteiger partial charge < -0.3 is 11.1 Å². The lowest BCUT2D eigenvalue weighted by atomic mass is 10.3. The number of hydrogen-bond acceptors (Lipinski definition) is 6. The van der Waals surface area contributed by atoms with Gasteiger partial charge in [-0.15, -0.1) is 0 Å². The minimum atomic E-state index is -0.925. The largest absolute Gasteiger partial charge is 0.374 e. The maximum Gasteiger partial charge on any atom is 0.231 e. The molecule has 6 nitrogen and oxygen atoms in total. The summed E-state index contributed by atoms with van der Waals surface area (Å²) in [6.45, 7) is 1.29. The van der Waals surface area contributed by atoms with E-state index < -0.39 is 6.04 Å². The molecule has 0 saturated heterocycles. The Morgan fingerprint density at radius 3 is 2.85 bits per heavy atom. The van der Waals surface area contributed by atoms with Crippen LogP contribution < -0.4 is 11.1 Å². The molecular formula is C6H7N4O2S. The number of nitrogens with zero attached hydrogens (tertiary/aromatic N) is 2. The lowest BCUT2D eigenvalue weighted by Crippen LogP contribution is -2.27. The van der Waals surface area contributed by atoms with Gasteiger partial charge in [0, 0.05) is 18.5 Å². The number of amides is 1. The van der Waals surface area contributed by atoms with E-state index in [9.17, 15) is 9.59 Å². The third-order valence-electron chi connectivity index (χ3n) is 1.18. The van der Waals surface area contributed by atoms with Crippen LogP contribution in [0.25, 0.3) is 0 Å². The van der Waals surface area contributed by atoms with Crippen molar-refractivity contribution >= 4 is 28.9 Å². The van der Waals surface area contributed by atoms with Crippen molar-refractivity contribution in [2.75, 3.05) is 5.73 Å². The van der Waals surface area contributed by atoms with Crippen molar-refractivity contribution in [1.82, 2.24) is 14.7 Å². The first-order valence-electron chi connectivity index (χ1n) is 3.37. The Hall–Kier alpha value is -1.50. The molecule has 0 spiro atoms. The molecule has 0 aliphatic rings. The van der Waals surface area contributed by atoms with E-state index >= 15 is 0 Å². The van der Waals surface area contributed by atoms with Crippen molar-refractivity contribution < 1.29 is 9.59 Å². The lowest BCUT2D eigenvalue weighted by molar-refractivity contribution is -0.119. The molecule has 1 rings (SSSR count). The van der Waals surface area contributed by atoms with Crippen LogP contribution in [0.15, 0.2) is 0 Å². The molecule has 3 N–H and O–H groups in total. The van der Waals surface area contributed by atoms with Crippen molar-refractivity contribution in [3.05, 3.63) is 5.82 Å². The minimum Gasteiger partial charge on any atom is -0.374 e. The highest BCUT2D eigenvalue weighted by molar-refractivity contribution is 7.09. The zero-order valence-electron chi connectivity index (χ0n) is 6.77. The summed E-state index contributed by atoms with van der Waals surface area (Å²) in [7, 11) is 0. The molecular weight excluding hydrogens is 192 g/mol. The molecule has 13 heavy (non-hydrogen) atoms. The summed E-state index contributed by atoms with van der Waals surface area (Å²) in [5.74, 6) is -0.172. The van der Waals surface area contributed by atoms with Crippen LogP contribution in [0.4, 0.5) is 5.13 Å². The van der Waals surface area contributed by atoms with Gasteiger partial charge in [-0.05, 0) is 0 Å². The average Bonchev–Trinajstić information content (AvgIpc) is 2.47. The number of hydrogen-bond donors (Lipinski definition) is 2. The zero-order chi connectivity index (χ0) is 9.84.